The quantitative estimate of drug-likeness (QED) is 0.911. The van der Waals surface area contributed by atoms with Crippen molar-refractivity contribution >= 4 is 11.7 Å². The number of benzene rings is 1. The molecule has 0 fully saturated rings. The molecule has 0 bridgehead atoms. The van der Waals surface area contributed by atoms with Gasteiger partial charge in [-0.05, 0) is 36.8 Å². The van der Waals surface area contributed by atoms with Gasteiger partial charge in [0.15, 0.2) is 0 Å². The lowest BCUT2D eigenvalue weighted by atomic mass is 10.1. The second kappa shape index (κ2) is 5.78. The van der Waals surface area contributed by atoms with Crippen LogP contribution in [0.4, 0.5) is 5.82 Å². The second-order valence-corrected chi connectivity index (χ2v) is 4.20. The highest BCUT2D eigenvalue weighted by atomic mass is 16.1. The summed E-state index contributed by atoms with van der Waals surface area (Å²) in [5, 5.41) is 11.4. The average molecular weight is 251 g/mol. The highest BCUT2D eigenvalue weighted by molar-refractivity contribution is 5.91. The van der Waals surface area contributed by atoms with E-state index in [1.807, 2.05) is 25.1 Å². The van der Waals surface area contributed by atoms with Crippen LogP contribution in [0.3, 0.4) is 0 Å². The molecule has 4 nitrogen and oxygen atoms in total. The van der Waals surface area contributed by atoms with Crippen LogP contribution in [0, 0.1) is 18.3 Å². The molecule has 0 unspecified atom stereocenters. The molecule has 0 spiro atoms. The fourth-order valence-corrected chi connectivity index (χ4v) is 1.68. The van der Waals surface area contributed by atoms with E-state index in [2.05, 4.69) is 10.3 Å². The fourth-order valence-electron chi connectivity index (χ4n) is 1.68. The predicted octanol–water partition coefficient (Wildman–Crippen LogP) is 2.44. The molecule has 2 aromatic rings. The van der Waals surface area contributed by atoms with Crippen molar-refractivity contribution in [3.8, 4) is 6.07 Å². The van der Waals surface area contributed by atoms with Gasteiger partial charge in [0.05, 0.1) is 18.1 Å². The maximum atomic E-state index is 11.8. The zero-order chi connectivity index (χ0) is 13.7. The van der Waals surface area contributed by atoms with Gasteiger partial charge in [-0.3, -0.25) is 4.79 Å². The number of hydrogen-bond donors (Lipinski definition) is 1. The van der Waals surface area contributed by atoms with Crippen molar-refractivity contribution in [1.82, 2.24) is 4.98 Å². The van der Waals surface area contributed by atoms with Gasteiger partial charge in [-0.1, -0.05) is 18.2 Å². The van der Waals surface area contributed by atoms with Crippen molar-refractivity contribution in [2.75, 3.05) is 5.32 Å². The summed E-state index contributed by atoms with van der Waals surface area (Å²) in [4.78, 5) is 16.0. The Balaban J connectivity index is 1.99. The molecular formula is C15H13N3O. The van der Waals surface area contributed by atoms with E-state index in [9.17, 15) is 4.79 Å². The average Bonchev–Trinajstić information content (AvgIpc) is 2.39. The Kier molecular flexibility index (Phi) is 3.89. The van der Waals surface area contributed by atoms with E-state index in [1.54, 1.807) is 30.3 Å². The molecule has 4 heteroatoms. The maximum absolute atomic E-state index is 11.8. The van der Waals surface area contributed by atoms with E-state index in [4.69, 9.17) is 5.26 Å². The molecule has 1 amide bonds. The summed E-state index contributed by atoms with van der Waals surface area (Å²) in [7, 11) is 0. The lowest BCUT2D eigenvalue weighted by Crippen LogP contribution is -2.15. The molecule has 0 saturated heterocycles. The van der Waals surface area contributed by atoms with Gasteiger partial charge in [0.1, 0.15) is 5.82 Å². The van der Waals surface area contributed by atoms with Gasteiger partial charge in [-0.2, -0.15) is 5.26 Å². The van der Waals surface area contributed by atoms with Crippen LogP contribution in [-0.4, -0.2) is 10.9 Å². The van der Waals surface area contributed by atoms with E-state index < -0.39 is 0 Å². The van der Waals surface area contributed by atoms with Crippen molar-refractivity contribution in [2.45, 2.75) is 13.3 Å². The Morgan fingerprint density at radius 2 is 2.00 bits per heavy atom. The molecule has 1 N–H and O–H groups in total. The maximum Gasteiger partial charge on any atom is 0.229 e. The molecule has 0 aliphatic rings. The smallest absolute Gasteiger partial charge is 0.229 e. The molecule has 1 heterocycles. The van der Waals surface area contributed by atoms with Crippen molar-refractivity contribution < 1.29 is 4.79 Å². The first-order valence-electron chi connectivity index (χ1n) is 5.90. The molecule has 0 aliphatic carbocycles. The minimum absolute atomic E-state index is 0.122. The third-order valence-electron chi connectivity index (χ3n) is 2.60. The SMILES string of the molecule is Cc1cccc(NC(=O)Cc2ccc(C#N)cc2)n1. The minimum Gasteiger partial charge on any atom is -0.310 e. The molecule has 94 valence electrons. The first-order valence-corrected chi connectivity index (χ1v) is 5.90. The van der Waals surface area contributed by atoms with Gasteiger partial charge in [-0.15, -0.1) is 0 Å². The largest absolute Gasteiger partial charge is 0.310 e. The Hall–Kier alpha value is -2.67. The number of carbonyl (C=O) groups is 1. The van der Waals surface area contributed by atoms with E-state index >= 15 is 0 Å². The van der Waals surface area contributed by atoms with Gasteiger partial charge in [0, 0.05) is 5.69 Å². The van der Waals surface area contributed by atoms with E-state index in [1.165, 1.54) is 0 Å². The zero-order valence-electron chi connectivity index (χ0n) is 10.6. The predicted molar refractivity (Wildman–Crippen MR) is 72.5 cm³/mol. The van der Waals surface area contributed by atoms with Gasteiger partial charge in [-0.25, -0.2) is 4.98 Å². The third kappa shape index (κ3) is 3.65. The first-order chi connectivity index (χ1) is 9.17. The number of hydrogen-bond acceptors (Lipinski definition) is 3. The monoisotopic (exact) mass is 251 g/mol. The van der Waals surface area contributed by atoms with Crippen molar-refractivity contribution in [2.24, 2.45) is 0 Å². The molecule has 1 aromatic carbocycles. The Bertz CT molecular complexity index is 627. The molecule has 1 aromatic heterocycles. The van der Waals surface area contributed by atoms with Crippen LogP contribution in [-0.2, 0) is 11.2 Å². The molecular weight excluding hydrogens is 238 g/mol. The highest BCUT2D eigenvalue weighted by Crippen LogP contribution is 2.07. The normalized spacial score (nSPS) is 9.68. The second-order valence-electron chi connectivity index (χ2n) is 4.20. The molecule has 0 atom stereocenters. The Morgan fingerprint density at radius 3 is 2.63 bits per heavy atom. The number of aryl methyl sites for hydroxylation is 1. The summed E-state index contributed by atoms with van der Waals surface area (Å²) in [5.74, 6) is 0.432. The van der Waals surface area contributed by atoms with E-state index in [0.717, 1.165) is 11.3 Å². The first kappa shape index (κ1) is 12.8. The topological polar surface area (TPSA) is 65.8 Å². The Morgan fingerprint density at radius 1 is 1.26 bits per heavy atom. The third-order valence-corrected chi connectivity index (χ3v) is 2.60. The summed E-state index contributed by atoms with van der Waals surface area (Å²) >= 11 is 0. The van der Waals surface area contributed by atoms with Crippen molar-refractivity contribution in [1.29, 1.82) is 5.26 Å². The fraction of sp³-hybridized carbons (Fsp3) is 0.133. The number of amides is 1. The van der Waals surface area contributed by atoms with Gasteiger partial charge >= 0.3 is 0 Å². The van der Waals surface area contributed by atoms with Gasteiger partial charge in [0.25, 0.3) is 0 Å². The van der Waals surface area contributed by atoms with Crippen LogP contribution in [0.15, 0.2) is 42.5 Å². The molecule has 19 heavy (non-hydrogen) atoms. The summed E-state index contributed by atoms with van der Waals surface area (Å²) < 4.78 is 0. The van der Waals surface area contributed by atoms with Gasteiger partial charge in [0.2, 0.25) is 5.91 Å². The standard InChI is InChI=1S/C15H13N3O/c1-11-3-2-4-14(17-11)18-15(19)9-12-5-7-13(10-16)8-6-12/h2-8H,9H2,1H3,(H,17,18,19). The molecule has 2 rings (SSSR count). The number of pyridine rings is 1. The number of aromatic nitrogens is 1. The minimum atomic E-state index is -0.122. The van der Waals surface area contributed by atoms with Crippen molar-refractivity contribution in [3.63, 3.8) is 0 Å². The van der Waals surface area contributed by atoms with Crippen LogP contribution in [0.5, 0.6) is 0 Å². The zero-order valence-corrected chi connectivity index (χ0v) is 10.6. The van der Waals surface area contributed by atoms with Crippen LogP contribution in [0.2, 0.25) is 0 Å². The molecule has 0 aliphatic heterocycles. The number of rotatable bonds is 3. The lowest BCUT2D eigenvalue weighted by molar-refractivity contribution is -0.115. The lowest BCUT2D eigenvalue weighted by Gasteiger charge is -2.05. The van der Waals surface area contributed by atoms with E-state index in [-0.39, 0.29) is 12.3 Å². The highest BCUT2D eigenvalue weighted by Gasteiger charge is 2.05. The number of nitrogens with one attached hydrogen (secondary N) is 1. The molecule has 0 saturated carbocycles. The number of nitriles is 1. The van der Waals surface area contributed by atoms with Crippen LogP contribution < -0.4 is 5.32 Å². The number of nitrogens with zero attached hydrogens (tertiary/aromatic N) is 2. The summed E-state index contributed by atoms with van der Waals surface area (Å²) in [6, 6.07) is 14.5. The molecule has 0 radical (unpaired) electrons. The summed E-state index contributed by atoms with van der Waals surface area (Å²) in [6.07, 6.45) is 0.265. The van der Waals surface area contributed by atoms with Crippen LogP contribution >= 0.6 is 0 Å². The number of carbonyl (C=O) groups excluding carboxylic acids is 1. The summed E-state index contributed by atoms with van der Waals surface area (Å²) in [6.45, 7) is 1.87. The van der Waals surface area contributed by atoms with Crippen molar-refractivity contribution in [3.05, 3.63) is 59.3 Å². The van der Waals surface area contributed by atoms with Crippen LogP contribution in [0.1, 0.15) is 16.8 Å². The van der Waals surface area contributed by atoms with Gasteiger partial charge < -0.3 is 5.32 Å². The number of anilines is 1. The van der Waals surface area contributed by atoms with E-state index in [0.29, 0.717) is 11.4 Å². The Labute approximate surface area is 111 Å². The summed E-state index contributed by atoms with van der Waals surface area (Å²) in [5.41, 5.74) is 2.31. The van der Waals surface area contributed by atoms with Crippen LogP contribution in [0.25, 0.3) is 0 Å².